The van der Waals surface area contributed by atoms with Gasteiger partial charge in [0, 0.05) is 24.7 Å². The molecular formula is C13H20N4O3. The fraction of sp³-hybridized carbons (Fsp3) is 0.615. The Morgan fingerprint density at radius 3 is 2.45 bits per heavy atom. The second-order valence-electron chi connectivity index (χ2n) is 5.50. The van der Waals surface area contributed by atoms with Gasteiger partial charge in [0.05, 0.1) is 7.05 Å². The molecule has 0 spiro atoms. The number of carbonyl (C=O) groups excluding carboxylic acids is 1. The number of hydrogen-bond acceptors (Lipinski definition) is 4. The average Bonchev–Trinajstić information content (AvgIpc) is 2.81. The lowest BCUT2D eigenvalue weighted by molar-refractivity contribution is -0.391. The minimum absolute atomic E-state index is 0.0644. The van der Waals surface area contributed by atoms with E-state index in [4.69, 9.17) is 0 Å². The summed E-state index contributed by atoms with van der Waals surface area (Å²) in [6.07, 6.45) is 1.75. The summed E-state index contributed by atoms with van der Waals surface area (Å²) in [7, 11) is 3.48. The summed E-state index contributed by atoms with van der Waals surface area (Å²) in [4.78, 5) is 24.5. The molecule has 0 saturated carbocycles. The van der Waals surface area contributed by atoms with E-state index in [0.29, 0.717) is 18.8 Å². The summed E-state index contributed by atoms with van der Waals surface area (Å²) in [6, 6.07) is 2.89. The zero-order valence-electron chi connectivity index (χ0n) is 12.0. The molecule has 2 rings (SSSR count). The molecule has 1 N–H and O–H groups in total. The molecule has 7 nitrogen and oxygen atoms in total. The third-order valence-corrected chi connectivity index (χ3v) is 4.26. The SMILES string of the molecule is CNC1(C)CCN(C(=O)c2ccc([N+](=O)[O-])n2C)CC1. The molecule has 0 aliphatic carbocycles. The Labute approximate surface area is 117 Å². The summed E-state index contributed by atoms with van der Waals surface area (Å²) in [5.41, 5.74) is 0.432. The number of piperidine rings is 1. The molecule has 1 aliphatic rings. The van der Waals surface area contributed by atoms with Gasteiger partial charge in [-0.25, -0.2) is 4.57 Å². The highest BCUT2D eigenvalue weighted by Gasteiger charge is 2.33. The highest BCUT2D eigenvalue weighted by molar-refractivity contribution is 5.93. The van der Waals surface area contributed by atoms with E-state index in [1.54, 1.807) is 11.9 Å². The minimum Gasteiger partial charge on any atom is -0.358 e. The maximum atomic E-state index is 12.4. The van der Waals surface area contributed by atoms with Gasteiger partial charge in [-0.1, -0.05) is 0 Å². The van der Waals surface area contributed by atoms with Crippen molar-refractivity contribution in [1.82, 2.24) is 14.8 Å². The van der Waals surface area contributed by atoms with Crippen LogP contribution in [0.2, 0.25) is 0 Å². The van der Waals surface area contributed by atoms with Crippen LogP contribution >= 0.6 is 0 Å². The van der Waals surface area contributed by atoms with Crippen LogP contribution in [0.3, 0.4) is 0 Å². The Balaban J connectivity index is 2.12. The van der Waals surface area contributed by atoms with Crippen LogP contribution in [-0.4, -0.2) is 46.0 Å². The molecule has 1 fully saturated rings. The third-order valence-electron chi connectivity index (χ3n) is 4.26. The van der Waals surface area contributed by atoms with Crippen LogP contribution in [0, 0.1) is 10.1 Å². The number of nitrogens with one attached hydrogen (secondary N) is 1. The Morgan fingerprint density at radius 1 is 1.40 bits per heavy atom. The van der Waals surface area contributed by atoms with E-state index in [1.165, 1.54) is 16.7 Å². The van der Waals surface area contributed by atoms with E-state index in [2.05, 4.69) is 12.2 Å². The van der Waals surface area contributed by atoms with Crippen molar-refractivity contribution < 1.29 is 9.72 Å². The van der Waals surface area contributed by atoms with E-state index in [-0.39, 0.29) is 17.3 Å². The highest BCUT2D eigenvalue weighted by Crippen LogP contribution is 2.23. The van der Waals surface area contributed by atoms with Crippen molar-refractivity contribution in [3.8, 4) is 0 Å². The van der Waals surface area contributed by atoms with Gasteiger partial charge < -0.3 is 20.3 Å². The predicted molar refractivity (Wildman–Crippen MR) is 74.7 cm³/mol. The van der Waals surface area contributed by atoms with E-state index in [1.807, 2.05) is 7.05 Å². The number of nitrogens with zero attached hydrogens (tertiary/aromatic N) is 3. The minimum atomic E-state index is -0.481. The molecule has 0 bridgehead atoms. The van der Waals surface area contributed by atoms with Crippen LogP contribution in [0.15, 0.2) is 12.1 Å². The maximum Gasteiger partial charge on any atom is 0.323 e. The predicted octanol–water partition coefficient (Wildman–Crippen LogP) is 1.15. The van der Waals surface area contributed by atoms with E-state index in [0.717, 1.165) is 12.8 Å². The normalized spacial score (nSPS) is 18.1. The van der Waals surface area contributed by atoms with Crippen LogP contribution in [0.5, 0.6) is 0 Å². The van der Waals surface area contributed by atoms with Crippen molar-refractivity contribution in [2.24, 2.45) is 7.05 Å². The van der Waals surface area contributed by atoms with Gasteiger partial charge in [0.15, 0.2) is 5.69 Å². The van der Waals surface area contributed by atoms with Gasteiger partial charge in [-0.3, -0.25) is 4.79 Å². The van der Waals surface area contributed by atoms with Crippen LogP contribution < -0.4 is 5.32 Å². The summed E-state index contributed by atoms with van der Waals surface area (Å²) >= 11 is 0. The molecule has 0 unspecified atom stereocenters. The lowest BCUT2D eigenvalue weighted by Crippen LogP contribution is -2.51. The molecule has 20 heavy (non-hydrogen) atoms. The number of aromatic nitrogens is 1. The molecule has 0 atom stereocenters. The number of carbonyl (C=O) groups is 1. The summed E-state index contributed by atoms with van der Waals surface area (Å²) in [6.45, 7) is 3.46. The molecule has 2 heterocycles. The zero-order valence-corrected chi connectivity index (χ0v) is 12.0. The van der Waals surface area contributed by atoms with Crippen molar-refractivity contribution in [3.63, 3.8) is 0 Å². The van der Waals surface area contributed by atoms with Gasteiger partial charge in [-0.2, -0.15) is 0 Å². The van der Waals surface area contributed by atoms with Crippen LogP contribution in [-0.2, 0) is 7.05 Å². The standard InChI is InChI=1S/C13H20N4O3/c1-13(14-2)6-8-16(9-7-13)12(18)10-4-5-11(15(10)3)17(19)20/h4-5,14H,6-9H2,1-3H3. The number of amides is 1. The van der Waals surface area contributed by atoms with Crippen LogP contribution in [0.1, 0.15) is 30.3 Å². The fourth-order valence-electron chi connectivity index (χ4n) is 2.51. The molecule has 110 valence electrons. The first-order chi connectivity index (χ1) is 9.38. The third kappa shape index (κ3) is 2.53. The second-order valence-corrected chi connectivity index (χ2v) is 5.50. The van der Waals surface area contributed by atoms with Crippen LogP contribution in [0.4, 0.5) is 5.82 Å². The monoisotopic (exact) mass is 280 g/mol. The molecule has 1 amide bonds. The number of rotatable bonds is 3. The number of likely N-dealkylation sites (tertiary alicyclic amines) is 1. The average molecular weight is 280 g/mol. The first-order valence-electron chi connectivity index (χ1n) is 6.66. The molecule has 0 radical (unpaired) electrons. The largest absolute Gasteiger partial charge is 0.358 e. The Bertz CT molecular complexity index is 530. The first kappa shape index (κ1) is 14.5. The lowest BCUT2D eigenvalue weighted by atomic mass is 9.90. The van der Waals surface area contributed by atoms with Gasteiger partial charge in [-0.05, 0) is 37.8 Å². The molecule has 1 saturated heterocycles. The zero-order chi connectivity index (χ0) is 14.9. The van der Waals surface area contributed by atoms with Crippen molar-refractivity contribution in [2.45, 2.75) is 25.3 Å². The summed E-state index contributed by atoms with van der Waals surface area (Å²) in [5.74, 6) is -0.204. The Hall–Kier alpha value is -1.89. The smallest absolute Gasteiger partial charge is 0.323 e. The van der Waals surface area contributed by atoms with Gasteiger partial charge in [0.2, 0.25) is 0 Å². The van der Waals surface area contributed by atoms with Crippen molar-refractivity contribution in [3.05, 3.63) is 27.9 Å². The van der Waals surface area contributed by atoms with E-state index < -0.39 is 4.92 Å². The quantitative estimate of drug-likeness (QED) is 0.665. The maximum absolute atomic E-state index is 12.4. The number of nitro groups is 1. The van der Waals surface area contributed by atoms with Crippen molar-refractivity contribution in [1.29, 1.82) is 0 Å². The van der Waals surface area contributed by atoms with Gasteiger partial charge in [0.1, 0.15) is 0 Å². The Morgan fingerprint density at radius 2 is 2.00 bits per heavy atom. The van der Waals surface area contributed by atoms with Gasteiger partial charge >= 0.3 is 5.82 Å². The molecule has 1 aromatic rings. The first-order valence-corrected chi connectivity index (χ1v) is 6.66. The van der Waals surface area contributed by atoms with Crippen molar-refractivity contribution >= 4 is 11.7 Å². The number of hydrogen-bond donors (Lipinski definition) is 1. The lowest BCUT2D eigenvalue weighted by Gasteiger charge is -2.39. The Kier molecular flexibility index (Phi) is 3.80. The van der Waals surface area contributed by atoms with Crippen LogP contribution in [0.25, 0.3) is 0 Å². The second kappa shape index (κ2) is 5.24. The molecule has 1 aliphatic heterocycles. The topological polar surface area (TPSA) is 80.4 Å². The van der Waals surface area contributed by atoms with E-state index in [9.17, 15) is 14.9 Å². The highest BCUT2D eigenvalue weighted by atomic mass is 16.6. The van der Waals surface area contributed by atoms with Gasteiger partial charge in [0.25, 0.3) is 5.91 Å². The van der Waals surface area contributed by atoms with E-state index >= 15 is 0 Å². The fourth-order valence-corrected chi connectivity index (χ4v) is 2.51. The molecule has 7 heteroatoms. The summed E-state index contributed by atoms with van der Waals surface area (Å²) in [5, 5.41) is 14.1. The summed E-state index contributed by atoms with van der Waals surface area (Å²) < 4.78 is 1.34. The molecule has 0 aromatic carbocycles. The van der Waals surface area contributed by atoms with Gasteiger partial charge in [-0.15, -0.1) is 0 Å². The molecule has 1 aromatic heterocycles. The molecular weight excluding hydrogens is 260 g/mol. The van der Waals surface area contributed by atoms with Crippen molar-refractivity contribution in [2.75, 3.05) is 20.1 Å².